The maximum atomic E-state index is 4.14. The van der Waals surface area contributed by atoms with Gasteiger partial charge in [0.15, 0.2) is 0 Å². The van der Waals surface area contributed by atoms with Crippen molar-refractivity contribution < 1.29 is 0 Å². The molecule has 0 unspecified atom stereocenters. The van der Waals surface area contributed by atoms with E-state index in [4.69, 9.17) is 0 Å². The summed E-state index contributed by atoms with van der Waals surface area (Å²) in [6.07, 6.45) is 5.29. The molecule has 4 heteroatoms. The van der Waals surface area contributed by atoms with E-state index in [1.165, 1.54) is 5.56 Å². The van der Waals surface area contributed by atoms with Crippen LogP contribution in [0.4, 0.5) is 0 Å². The molecule has 0 N–H and O–H groups in total. The van der Waals surface area contributed by atoms with Crippen LogP contribution in [0.5, 0.6) is 0 Å². The molecule has 16 heavy (non-hydrogen) atoms. The summed E-state index contributed by atoms with van der Waals surface area (Å²) in [5, 5.41) is 7.88. The van der Waals surface area contributed by atoms with Gasteiger partial charge in [-0.3, -0.25) is 0 Å². The molecule has 1 aromatic carbocycles. The van der Waals surface area contributed by atoms with Gasteiger partial charge in [0.05, 0.1) is 24.4 Å². The number of aromatic nitrogens is 4. The van der Waals surface area contributed by atoms with Crippen LogP contribution in [0.2, 0.25) is 0 Å². The first kappa shape index (κ1) is 9.03. The Morgan fingerprint density at radius 2 is 1.94 bits per heavy atom. The van der Waals surface area contributed by atoms with Crippen LogP contribution in [0.1, 0.15) is 5.56 Å². The van der Waals surface area contributed by atoms with E-state index in [-0.39, 0.29) is 0 Å². The third-order valence-electron chi connectivity index (χ3n) is 2.52. The van der Waals surface area contributed by atoms with Crippen molar-refractivity contribution >= 4 is 0 Å². The predicted molar refractivity (Wildman–Crippen MR) is 60.0 cm³/mol. The van der Waals surface area contributed by atoms with Gasteiger partial charge in [0.1, 0.15) is 5.69 Å². The molecule has 1 aromatic rings. The third kappa shape index (κ3) is 1.54. The first-order chi connectivity index (χ1) is 7.93. The first-order valence-corrected chi connectivity index (χ1v) is 5.09. The number of rotatable bonds is 2. The Morgan fingerprint density at radius 1 is 1.06 bits per heavy atom. The lowest BCUT2D eigenvalue weighted by Crippen LogP contribution is -2.04. The minimum Gasteiger partial charge on any atom is -0.325 e. The van der Waals surface area contributed by atoms with Crippen LogP contribution in [-0.4, -0.2) is 19.7 Å². The molecule has 0 radical (unpaired) electrons. The summed E-state index contributed by atoms with van der Waals surface area (Å²) in [4.78, 5) is 4.14. The molecule has 0 amide bonds. The van der Waals surface area contributed by atoms with Crippen LogP contribution in [0.15, 0.2) is 49.1 Å². The van der Waals surface area contributed by atoms with Crippen molar-refractivity contribution in [3.8, 4) is 11.4 Å². The molecule has 0 aromatic heterocycles. The van der Waals surface area contributed by atoms with Gasteiger partial charge in [0.2, 0.25) is 0 Å². The molecular weight excluding hydrogens is 200 g/mol. The molecular formula is C12H10N4. The van der Waals surface area contributed by atoms with Gasteiger partial charge in [0, 0.05) is 6.54 Å². The molecule has 0 atom stereocenters. The van der Waals surface area contributed by atoms with Gasteiger partial charge in [-0.05, 0) is 5.56 Å². The molecule has 2 aliphatic heterocycles. The highest BCUT2D eigenvalue weighted by Crippen LogP contribution is 2.17. The largest absolute Gasteiger partial charge is 0.325 e. The summed E-state index contributed by atoms with van der Waals surface area (Å²) < 4.78 is 2.05. The zero-order valence-electron chi connectivity index (χ0n) is 8.61. The van der Waals surface area contributed by atoms with Gasteiger partial charge >= 0.3 is 0 Å². The Balaban J connectivity index is 1.99. The number of hydrogen-bond donors (Lipinski definition) is 0. The lowest BCUT2D eigenvalue weighted by Gasteiger charge is -2.09. The SMILES string of the molecule is c1ccc(Cn2cncc3nncc2-3)cc1. The topological polar surface area (TPSA) is 43.6 Å². The average Bonchev–Trinajstić information content (AvgIpc) is 2.80. The van der Waals surface area contributed by atoms with Crippen molar-refractivity contribution in [1.29, 1.82) is 0 Å². The first-order valence-electron chi connectivity index (χ1n) is 5.09. The average molecular weight is 210 g/mol. The predicted octanol–water partition coefficient (Wildman–Crippen LogP) is 1.83. The van der Waals surface area contributed by atoms with E-state index in [0.29, 0.717) is 0 Å². The lowest BCUT2D eigenvalue weighted by molar-refractivity contribution is 0.774. The zero-order valence-corrected chi connectivity index (χ0v) is 8.61. The minimum absolute atomic E-state index is 0.790. The lowest BCUT2D eigenvalue weighted by atomic mass is 10.2. The van der Waals surface area contributed by atoms with Crippen LogP contribution in [0.25, 0.3) is 11.4 Å². The molecule has 78 valence electrons. The number of nitrogens with zero attached hydrogens (tertiary/aromatic N) is 4. The maximum absolute atomic E-state index is 4.14. The van der Waals surface area contributed by atoms with Crippen LogP contribution < -0.4 is 0 Å². The molecule has 2 heterocycles. The van der Waals surface area contributed by atoms with Crippen molar-refractivity contribution in [2.45, 2.75) is 6.54 Å². The number of fused-ring (bicyclic) bond motifs is 1. The van der Waals surface area contributed by atoms with Crippen molar-refractivity contribution in [3.63, 3.8) is 0 Å². The molecule has 0 bridgehead atoms. The van der Waals surface area contributed by atoms with Gasteiger partial charge in [-0.1, -0.05) is 30.3 Å². The summed E-state index contributed by atoms with van der Waals surface area (Å²) >= 11 is 0. The summed E-state index contributed by atoms with van der Waals surface area (Å²) in [6.45, 7) is 0.790. The molecule has 3 rings (SSSR count). The highest BCUT2D eigenvalue weighted by molar-refractivity contribution is 5.52. The molecule has 0 spiro atoms. The van der Waals surface area contributed by atoms with Crippen molar-refractivity contribution in [1.82, 2.24) is 19.7 Å². The second kappa shape index (κ2) is 3.73. The Kier molecular flexibility index (Phi) is 2.11. The molecule has 0 fully saturated rings. The van der Waals surface area contributed by atoms with E-state index < -0.39 is 0 Å². The molecule has 4 nitrogen and oxygen atoms in total. The van der Waals surface area contributed by atoms with Crippen molar-refractivity contribution in [3.05, 3.63) is 54.6 Å². The molecule has 0 saturated heterocycles. The Labute approximate surface area is 92.9 Å². The van der Waals surface area contributed by atoms with Crippen molar-refractivity contribution in [2.75, 3.05) is 0 Å². The molecule has 0 aliphatic carbocycles. The summed E-state index contributed by atoms with van der Waals surface area (Å²) in [5.74, 6) is 0. The minimum atomic E-state index is 0.790. The van der Waals surface area contributed by atoms with Crippen LogP contribution in [0, 0.1) is 0 Å². The van der Waals surface area contributed by atoms with E-state index in [9.17, 15) is 0 Å². The Hall–Kier alpha value is -2.23. The van der Waals surface area contributed by atoms with Gasteiger partial charge < -0.3 is 4.57 Å². The smallest absolute Gasteiger partial charge is 0.129 e. The monoisotopic (exact) mass is 210 g/mol. The number of hydrogen-bond acceptors (Lipinski definition) is 3. The summed E-state index contributed by atoms with van der Waals surface area (Å²) in [5.41, 5.74) is 3.08. The second-order valence-corrected chi connectivity index (χ2v) is 3.62. The summed E-state index contributed by atoms with van der Waals surface area (Å²) in [7, 11) is 0. The van der Waals surface area contributed by atoms with E-state index in [1.54, 1.807) is 18.7 Å². The maximum Gasteiger partial charge on any atom is 0.129 e. The van der Waals surface area contributed by atoms with Gasteiger partial charge in [-0.2, -0.15) is 5.10 Å². The van der Waals surface area contributed by atoms with Gasteiger partial charge in [-0.25, -0.2) is 4.98 Å². The van der Waals surface area contributed by atoms with Gasteiger partial charge in [0.25, 0.3) is 0 Å². The highest BCUT2D eigenvalue weighted by atomic mass is 15.2. The van der Waals surface area contributed by atoms with E-state index in [0.717, 1.165) is 17.9 Å². The van der Waals surface area contributed by atoms with E-state index in [2.05, 4.69) is 27.3 Å². The normalized spacial score (nSPS) is 10.8. The number of benzene rings is 1. The van der Waals surface area contributed by atoms with E-state index >= 15 is 0 Å². The zero-order chi connectivity index (χ0) is 10.8. The van der Waals surface area contributed by atoms with Crippen LogP contribution in [-0.2, 0) is 6.54 Å². The standard InChI is InChI=1S/C12H10N4/c1-2-4-10(5-3-1)8-16-9-13-6-11-12(16)7-14-15-11/h1-7,9H,8H2. The quantitative estimate of drug-likeness (QED) is 0.648. The van der Waals surface area contributed by atoms with Gasteiger partial charge in [-0.15, -0.1) is 5.10 Å². The third-order valence-corrected chi connectivity index (χ3v) is 2.52. The fourth-order valence-corrected chi connectivity index (χ4v) is 1.73. The second-order valence-electron chi connectivity index (χ2n) is 3.62. The van der Waals surface area contributed by atoms with Crippen LogP contribution >= 0.6 is 0 Å². The molecule has 2 aliphatic rings. The van der Waals surface area contributed by atoms with Crippen LogP contribution in [0.3, 0.4) is 0 Å². The fraction of sp³-hybridized carbons (Fsp3) is 0.0833. The van der Waals surface area contributed by atoms with E-state index in [1.807, 2.05) is 22.8 Å². The van der Waals surface area contributed by atoms with Crippen molar-refractivity contribution in [2.24, 2.45) is 0 Å². The Morgan fingerprint density at radius 3 is 2.81 bits per heavy atom. The fourth-order valence-electron chi connectivity index (χ4n) is 1.73. The summed E-state index contributed by atoms with van der Waals surface area (Å²) in [6, 6.07) is 10.3. The molecule has 0 saturated carbocycles. The highest BCUT2D eigenvalue weighted by Gasteiger charge is 2.09. The Bertz CT molecular complexity index is 558.